The number of nitrogen functional groups attached to an aromatic ring is 1. The molecule has 6 aromatic carbocycles. The number of methoxy groups -OCH3 is 2. The first-order valence-corrected chi connectivity index (χ1v) is 21.1. The standard InChI is InChI=1S/C31H22ClF7N2O5S.C15H12F3NO2/c1-46-29(43)27(14-17-2-4-18(5-3-17)21-8-12-25(33)24(32)16-21)40-28(42)23-15-20(19-6-10-22(11-7-19)30(34,35)36)9-13-26(23)41-47(44,45)31(37,38)39;1-21-14(20)12-8-10(4-7-13(12)19)9-2-5-11(6-3-9)15(16,17)18/h2-13,15-16,27,41H,14H2,1H3,(H,40,42);2-8H,19H2,1H3/t27-;/m1./s1. The van der Waals surface area contributed by atoms with Crippen LogP contribution in [-0.4, -0.2) is 52.0 Å². The van der Waals surface area contributed by atoms with E-state index in [1.165, 1.54) is 54.3 Å². The molecule has 0 unspecified atom stereocenters. The Labute approximate surface area is 385 Å². The molecule has 10 nitrogen and oxygen atoms in total. The molecular weight excluding hydrogens is 964 g/mol. The minimum Gasteiger partial charge on any atom is -0.467 e. The second-order valence-electron chi connectivity index (χ2n) is 14.3. The van der Waals surface area contributed by atoms with Crippen molar-refractivity contribution in [3.63, 3.8) is 0 Å². The van der Waals surface area contributed by atoms with Crippen molar-refractivity contribution in [2.45, 2.75) is 30.3 Å². The summed E-state index contributed by atoms with van der Waals surface area (Å²) in [5, 5.41) is 2.23. The Bertz CT molecular complexity index is 2910. The topological polar surface area (TPSA) is 154 Å². The van der Waals surface area contributed by atoms with Crippen molar-refractivity contribution < 1.29 is 76.2 Å². The predicted octanol–water partition coefficient (Wildman–Crippen LogP) is 11.3. The molecule has 4 N–H and O–H groups in total. The van der Waals surface area contributed by atoms with Crippen LogP contribution in [0.2, 0.25) is 5.02 Å². The molecule has 22 heteroatoms. The molecule has 0 radical (unpaired) electrons. The van der Waals surface area contributed by atoms with Gasteiger partial charge >= 0.3 is 39.8 Å². The number of hydrogen-bond donors (Lipinski definition) is 3. The molecule has 6 aromatic rings. The molecule has 0 saturated carbocycles. The summed E-state index contributed by atoms with van der Waals surface area (Å²) in [6.45, 7) is 0. The molecule has 0 aliphatic carbocycles. The van der Waals surface area contributed by atoms with E-state index in [2.05, 4.69) is 10.1 Å². The molecule has 0 aromatic heterocycles. The second-order valence-corrected chi connectivity index (χ2v) is 16.4. The monoisotopic (exact) mass is 997 g/mol. The Hall–Kier alpha value is -7.13. The van der Waals surface area contributed by atoms with Gasteiger partial charge in [0, 0.05) is 12.1 Å². The summed E-state index contributed by atoms with van der Waals surface area (Å²) in [5.74, 6) is -3.36. The van der Waals surface area contributed by atoms with Crippen molar-refractivity contribution in [2.24, 2.45) is 0 Å². The Morgan fingerprint density at radius 3 is 1.51 bits per heavy atom. The normalized spacial score (nSPS) is 12.2. The Balaban J connectivity index is 0.000000342. The van der Waals surface area contributed by atoms with E-state index >= 15 is 0 Å². The van der Waals surface area contributed by atoms with Crippen LogP contribution in [0.1, 0.15) is 37.4 Å². The Kier molecular flexibility index (Phi) is 15.9. The number of amides is 1. The minimum absolute atomic E-state index is 0.0462. The van der Waals surface area contributed by atoms with Gasteiger partial charge in [-0.15, -0.1) is 0 Å². The summed E-state index contributed by atoms with van der Waals surface area (Å²) in [6, 6.07) is 24.9. The van der Waals surface area contributed by atoms with E-state index in [0.29, 0.717) is 27.8 Å². The highest BCUT2D eigenvalue weighted by molar-refractivity contribution is 7.93. The number of alkyl halides is 9. The summed E-state index contributed by atoms with van der Waals surface area (Å²) in [4.78, 5) is 37.7. The van der Waals surface area contributed by atoms with Crippen LogP contribution in [0.5, 0.6) is 0 Å². The summed E-state index contributed by atoms with van der Waals surface area (Å²) < 4.78 is 164. The van der Waals surface area contributed by atoms with Gasteiger partial charge in [0.1, 0.15) is 11.9 Å². The lowest BCUT2D eigenvalue weighted by atomic mass is 9.99. The van der Waals surface area contributed by atoms with Crippen LogP contribution in [0, 0.1) is 5.82 Å². The van der Waals surface area contributed by atoms with Crippen LogP contribution in [-0.2, 0) is 43.1 Å². The van der Waals surface area contributed by atoms with Crippen LogP contribution in [0.25, 0.3) is 33.4 Å². The van der Waals surface area contributed by atoms with Crippen molar-refractivity contribution in [1.29, 1.82) is 0 Å². The van der Waals surface area contributed by atoms with E-state index in [1.807, 2.05) is 0 Å². The molecule has 1 amide bonds. The third-order valence-corrected chi connectivity index (χ3v) is 11.2. The van der Waals surface area contributed by atoms with Crippen molar-refractivity contribution in [3.8, 4) is 33.4 Å². The van der Waals surface area contributed by atoms with E-state index in [0.717, 1.165) is 61.7 Å². The SMILES string of the molecule is COC(=O)[C@@H](Cc1ccc(-c2ccc(F)c(Cl)c2)cc1)NC(=O)c1cc(-c2ccc(C(F)(F)F)cc2)ccc1NS(=O)(=O)C(F)(F)F.COC(=O)c1cc(-c2ccc(C(F)(F)F)cc2)ccc1N. The number of nitrogens with one attached hydrogen (secondary N) is 2. The second kappa shape index (κ2) is 20.8. The number of carbonyl (C=O) groups excluding carboxylic acids is 3. The molecule has 0 bridgehead atoms. The smallest absolute Gasteiger partial charge is 0.467 e. The number of anilines is 2. The summed E-state index contributed by atoms with van der Waals surface area (Å²) in [5.41, 5.74) is 0.135. The zero-order valence-electron chi connectivity index (χ0n) is 34.9. The van der Waals surface area contributed by atoms with E-state index in [1.54, 1.807) is 30.3 Å². The Morgan fingerprint density at radius 2 is 1.06 bits per heavy atom. The molecule has 0 aliphatic rings. The van der Waals surface area contributed by atoms with Crippen LogP contribution in [0.15, 0.2) is 127 Å². The van der Waals surface area contributed by atoms with Gasteiger partial charge in [-0.1, -0.05) is 78.3 Å². The summed E-state index contributed by atoms with van der Waals surface area (Å²) >= 11 is 5.85. The molecule has 358 valence electrons. The molecule has 0 heterocycles. The summed E-state index contributed by atoms with van der Waals surface area (Å²) in [6.07, 6.45) is -9.22. The number of carbonyl (C=O) groups is 3. The average molecular weight is 998 g/mol. The number of esters is 2. The van der Waals surface area contributed by atoms with Crippen LogP contribution in [0.3, 0.4) is 0 Å². The molecule has 0 saturated heterocycles. The van der Waals surface area contributed by atoms with Gasteiger partial charge in [0.25, 0.3) is 5.91 Å². The van der Waals surface area contributed by atoms with E-state index in [-0.39, 0.29) is 33.8 Å². The molecule has 0 fully saturated rings. The van der Waals surface area contributed by atoms with Gasteiger partial charge in [-0.05, 0) is 99.6 Å². The third-order valence-electron chi connectivity index (χ3n) is 9.80. The first-order valence-electron chi connectivity index (χ1n) is 19.2. The number of nitrogens with two attached hydrogens (primary N) is 1. The number of rotatable bonds is 11. The number of hydrogen-bond acceptors (Lipinski definition) is 8. The molecule has 0 spiro atoms. The maximum Gasteiger partial charge on any atom is 0.516 e. The van der Waals surface area contributed by atoms with Gasteiger partial charge in [0.2, 0.25) is 0 Å². The molecule has 6 rings (SSSR count). The molecule has 68 heavy (non-hydrogen) atoms. The van der Waals surface area contributed by atoms with Gasteiger partial charge in [0.15, 0.2) is 0 Å². The van der Waals surface area contributed by atoms with Gasteiger partial charge in [-0.25, -0.2) is 14.0 Å². The molecule has 0 aliphatic heterocycles. The van der Waals surface area contributed by atoms with Gasteiger partial charge < -0.3 is 20.5 Å². The zero-order chi connectivity index (χ0) is 50.4. The fourth-order valence-electron chi connectivity index (χ4n) is 6.25. The maximum absolute atomic E-state index is 13.5. The number of benzene rings is 6. The maximum atomic E-state index is 13.5. The predicted molar refractivity (Wildman–Crippen MR) is 232 cm³/mol. The Morgan fingerprint density at radius 1 is 0.618 bits per heavy atom. The van der Waals surface area contributed by atoms with Crippen molar-refractivity contribution in [1.82, 2.24) is 5.32 Å². The van der Waals surface area contributed by atoms with Crippen LogP contribution in [0.4, 0.5) is 55.3 Å². The fourth-order valence-corrected chi connectivity index (χ4v) is 7.01. The number of halogens is 11. The quantitative estimate of drug-likeness (QED) is 0.0659. The van der Waals surface area contributed by atoms with E-state index in [4.69, 9.17) is 22.1 Å². The van der Waals surface area contributed by atoms with Crippen LogP contribution < -0.4 is 15.8 Å². The van der Waals surface area contributed by atoms with Crippen molar-refractivity contribution in [2.75, 3.05) is 24.7 Å². The van der Waals surface area contributed by atoms with E-state index in [9.17, 15) is 66.7 Å². The first kappa shape index (κ1) is 51.8. The lowest BCUT2D eigenvalue weighted by Gasteiger charge is -2.19. The lowest BCUT2D eigenvalue weighted by Crippen LogP contribution is -2.43. The largest absolute Gasteiger partial charge is 0.516 e. The number of ether oxygens (including phenoxy) is 2. The average Bonchev–Trinajstić information content (AvgIpc) is 3.29. The zero-order valence-corrected chi connectivity index (χ0v) is 36.5. The van der Waals surface area contributed by atoms with Gasteiger partial charge in [-0.3, -0.25) is 9.52 Å². The number of sulfonamides is 1. The first-order chi connectivity index (χ1) is 31.7. The van der Waals surface area contributed by atoms with E-state index < -0.39 is 80.0 Å². The lowest BCUT2D eigenvalue weighted by molar-refractivity contribution is -0.143. The van der Waals surface area contributed by atoms with Crippen molar-refractivity contribution >= 4 is 50.8 Å². The summed E-state index contributed by atoms with van der Waals surface area (Å²) in [7, 11) is -3.76. The molecule has 1 atom stereocenters. The highest BCUT2D eigenvalue weighted by atomic mass is 35.5. The third kappa shape index (κ3) is 12.8. The minimum atomic E-state index is -6.01. The highest BCUT2D eigenvalue weighted by Crippen LogP contribution is 2.35. The van der Waals surface area contributed by atoms with Crippen LogP contribution >= 0.6 is 11.6 Å². The fraction of sp³-hybridized carbons (Fsp3) is 0.152. The van der Waals surface area contributed by atoms with Gasteiger partial charge in [0.05, 0.1) is 47.2 Å². The molecular formula is C46H34ClF10N3O7S. The highest BCUT2D eigenvalue weighted by Gasteiger charge is 2.46. The van der Waals surface area contributed by atoms with Crippen molar-refractivity contribution in [3.05, 3.63) is 166 Å². The van der Waals surface area contributed by atoms with Gasteiger partial charge in [-0.2, -0.15) is 47.9 Å².